The van der Waals surface area contributed by atoms with Gasteiger partial charge in [-0.15, -0.1) is 10.2 Å². The summed E-state index contributed by atoms with van der Waals surface area (Å²) in [6, 6.07) is 16.3. The summed E-state index contributed by atoms with van der Waals surface area (Å²) in [4.78, 5) is 13.8. The molecule has 5 rings (SSSR count). The van der Waals surface area contributed by atoms with Crippen LogP contribution >= 0.6 is 11.6 Å². The summed E-state index contributed by atoms with van der Waals surface area (Å²) in [5.74, 6) is 2.02. The number of aromatic amines is 1. The standard InChI is InChI=1S/C23H21ClN8/c1-3-4-10-19-27-20-21(24)25-14(2)26-23(20)32(19)16-11-12-17(15-8-6-5-7-9-15)18(13-16)22-28-30-31-29-22/h5-9,11-13H,3-4,10H2,1-2H3,(H,28,29,30,31). The van der Waals surface area contributed by atoms with Gasteiger partial charge in [-0.1, -0.05) is 61.3 Å². The van der Waals surface area contributed by atoms with E-state index in [2.05, 4.69) is 72.4 Å². The fraction of sp³-hybridized carbons (Fsp3) is 0.217. The van der Waals surface area contributed by atoms with Crippen molar-refractivity contribution in [1.29, 1.82) is 0 Å². The summed E-state index contributed by atoms with van der Waals surface area (Å²) < 4.78 is 2.06. The molecule has 3 aromatic heterocycles. The second-order valence-corrected chi connectivity index (χ2v) is 7.89. The number of aryl methyl sites for hydroxylation is 2. The van der Waals surface area contributed by atoms with E-state index in [0.29, 0.717) is 28.0 Å². The summed E-state index contributed by atoms with van der Waals surface area (Å²) in [6.45, 7) is 3.99. The van der Waals surface area contributed by atoms with Gasteiger partial charge in [-0.2, -0.15) is 5.21 Å². The highest BCUT2D eigenvalue weighted by molar-refractivity contribution is 6.33. The first-order chi connectivity index (χ1) is 15.7. The molecule has 0 fully saturated rings. The Hall–Kier alpha value is -3.65. The molecule has 0 atom stereocenters. The molecule has 0 radical (unpaired) electrons. The van der Waals surface area contributed by atoms with E-state index < -0.39 is 0 Å². The zero-order chi connectivity index (χ0) is 22.1. The highest BCUT2D eigenvalue weighted by Gasteiger charge is 2.20. The van der Waals surface area contributed by atoms with Crippen LogP contribution in [0.5, 0.6) is 0 Å². The molecule has 0 aliphatic carbocycles. The number of aromatic nitrogens is 8. The Morgan fingerprint density at radius 1 is 1.00 bits per heavy atom. The maximum absolute atomic E-state index is 6.43. The van der Waals surface area contributed by atoms with Gasteiger partial charge in [-0.05, 0) is 41.8 Å². The number of H-pyrrole nitrogens is 1. The van der Waals surface area contributed by atoms with Crippen LogP contribution in [0.25, 0.3) is 39.4 Å². The zero-order valence-corrected chi connectivity index (χ0v) is 18.5. The quantitative estimate of drug-likeness (QED) is 0.371. The number of nitrogens with one attached hydrogen (secondary N) is 1. The van der Waals surface area contributed by atoms with Crippen LogP contribution in [0, 0.1) is 6.92 Å². The van der Waals surface area contributed by atoms with Crippen molar-refractivity contribution in [1.82, 2.24) is 40.1 Å². The zero-order valence-electron chi connectivity index (χ0n) is 17.7. The van der Waals surface area contributed by atoms with Crippen LogP contribution in [-0.4, -0.2) is 40.1 Å². The van der Waals surface area contributed by atoms with Crippen LogP contribution in [0.2, 0.25) is 5.15 Å². The Bertz CT molecular complexity index is 1380. The molecule has 2 aromatic carbocycles. The van der Waals surface area contributed by atoms with Gasteiger partial charge in [0.15, 0.2) is 10.8 Å². The van der Waals surface area contributed by atoms with Gasteiger partial charge in [0.2, 0.25) is 5.82 Å². The Morgan fingerprint density at radius 3 is 2.59 bits per heavy atom. The van der Waals surface area contributed by atoms with Crippen molar-refractivity contribution in [2.24, 2.45) is 0 Å². The molecule has 1 N–H and O–H groups in total. The summed E-state index contributed by atoms with van der Waals surface area (Å²) in [5.41, 5.74) is 5.16. The number of fused-ring (bicyclic) bond motifs is 1. The first-order valence-corrected chi connectivity index (χ1v) is 10.9. The number of hydrogen-bond acceptors (Lipinski definition) is 6. The van der Waals surface area contributed by atoms with Crippen molar-refractivity contribution in [3.63, 3.8) is 0 Å². The van der Waals surface area contributed by atoms with E-state index in [1.54, 1.807) is 0 Å². The van der Waals surface area contributed by atoms with Gasteiger partial charge in [0.25, 0.3) is 0 Å². The monoisotopic (exact) mass is 444 g/mol. The molecule has 160 valence electrons. The van der Waals surface area contributed by atoms with Crippen LogP contribution in [0.15, 0.2) is 48.5 Å². The lowest BCUT2D eigenvalue weighted by Crippen LogP contribution is -2.04. The highest BCUT2D eigenvalue weighted by Crippen LogP contribution is 2.34. The summed E-state index contributed by atoms with van der Waals surface area (Å²) in [5, 5.41) is 15.2. The van der Waals surface area contributed by atoms with Crippen molar-refractivity contribution in [2.45, 2.75) is 33.1 Å². The number of rotatable bonds is 6. The number of unbranched alkanes of at least 4 members (excludes halogenated alkanes) is 1. The minimum absolute atomic E-state index is 0.364. The normalized spacial score (nSPS) is 11.3. The number of tetrazole rings is 1. The van der Waals surface area contributed by atoms with E-state index in [0.717, 1.165) is 47.5 Å². The van der Waals surface area contributed by atoms with Gasteiger partial charge in [-0.3, -0.25) is 4.57 Å². The lowest BCUT2D eigenvalue weighted by molar-refractivity contribution is 0.742. The van der Waals surface area contributed by atoms with Crippen molar-refractivity contribution in [3.8, 4) is 28.2 Å². The molecule has 9 heteroatoms. The van der Waals surface area contributed by atoms with Crippen molar-refractivity contribution < 1.29 is 0 Å². The van der Waals surface area contributed by atoms with Gasteiger partial charge in [-0.25, -0.2) is 15.0 Å². The van der Waals surface area contributed by atoms with E-state index in [-0.39, 0.29) is 0 Å². The molecule has 32 heavy (non-hydrogen) atoms. The van der Waals surface area contributed by atoms with E-state index in [1.165, 1.54) is 0 Å². The molecule has 0 bridgehead atoms. The Labute approximate surface area is 189 Å². The molecule has 0 aliphatic rings. The molecule has 0 saturated heterocycles. The average molecular weight is 445 g/mol. The van der Waals surface area contributed by atoms with Crippen molar-refractivity contribution in [3.05, 3.63) is 65.3 Å². The Kier molecular flexibility index (Phi) is 5.36. The number of imidazole rings is 1. The minimum Gasteiger partial charge on any atom is -0.281 e. The predicted molar refractivity (Wildman–Crippen MR) is 124 cm³/mol. The lowest BCUT2D eigenvalue weighted by Gasteiger charge is -2.13. The lowest BCUT2D eigenvalue weighted by atomic mass is 9.98. The van der Waals surface area contributed by atoms with Gasteiger partial charge < -0.3 is 0 Å². The minimum atomic E-state index is 0.364. The molecule has 0 saturated carbocycles. The first-order valence-electron chi connectivity index (χ1n) is 10.5. The van der Waals surface area contributed by atoms with E-state index >= 15 is 0 Å². The fourth-order valence-electron chi connectivity index (χ4n) is 3.85. The summed E-state index contributed by atoms with van der Waals surface area (Å²) in [6.07, 6.45) is 2.87. The number of benzene rings is 2. The van der Waals surface area contributed by atoms with E-state index in [9.17, 15) is 0 Å². The van der Waals surface area contributed by atoms with Crippen LogP contribution < -0.4 is 0 Å². The van der Waals surface area contributed by atoms with Crippen molar-refractivity contribution in [2.75, 3.05) is 0 Å². The molecule has 0 unspecified atom stereocenters. The maximum atomic E-state index is 6.43. The molecule has 5 aromatic rings. The maximum Gasteiger partial charge on any atom is 0.205 e. The highest BCUT2D eigenvalue weighted by atomic mass is 35.5. The van der Waals surface area contributed by atoms with Crippen molar-refractivity contribution >= 4 is 22.8 Å². The largest absolute Gasteiger partial charge is 0.281 e. The van der Waals surface area contributed by atoms with Crippen LogP contribution in [-0.2, 0) is 6.42 Å². The van der Waals surface area contributed by atoms with Gasteiger partial charge in [0.1, 0.15) is 17.2 Å². The topological polar surface area (TPSA) is 98.1 Å². The molecular formula is C23H21ClN8. The van der Waals surface area contributed by atoms with Crippen LogP contribution in [0.1, 0.15) is 31.4 Å². The molecule has 0 amide bonds. The van der Waals surface area contributed by atoms with Gasteiger partial charge >= 0.3 is 0 Å². The average Bonchev–Trinajstić information content (AvgIpc) is 3.46. The molecule has 0 spiro atoms. The van der Waals surface area contributed by atoms with Crippen LogP contribution in [0.3, 0.4) is 0 Å². The molecule has 8 nitrogen and oxygen atoms in total. The van der Waals surface area contributed by atoms with E-state index in [1.807, 2.05) is 25.1 Å². The van der Waals surface area contributed by atoms with Gasteiger partial charge in [0, 0.05) is 17.7 Å². The smallest absolute Gasteiger partial charge is 0.205 e. The third-order valence-corrected chi connectivity index (χ3v) is 5.60. The first kappa shape index (κ1) is 20.3. The predicted octanol–water partition coefficient (Wildman–Crippen LogP) is 4.97. The third-order valence-electron chi connectivity index (χ3n) is 5.33. The van der Waals surface area contributed by atoms with Crippen LogP contribution in [0.4, 0.5) is 0 Å². The molecular weight excluding hydrogens is 424 g/mol. The molecule has 3 heterocycles. The Balaban J connectivity index is 1.76. The SMILES string of the molecule is CCCCc1nc2c(Cl)nc(C)nc2n1-c1ccc(-c2ccccc2)c(-c2nn[nH]n2)c1. The summed E-state index contributed by atoms with van der Waals surface area (Å²) in [7, 11) is 0. The second kappa shape index (κ2) is 8.47. The number of halogens is 1. The molecule has 0 aliphatic heterocycles. The second-order valence-electron chi connectivity index (χ2n) is 7.53. The third kappa shape index (κ3) is 3.62. The fourth-order valence-corrected chi connectivity index (χ4v) is 4.10. The number of nitrogens with zero attached hydrogens (tertiary/aromatic N) is 7. The summed E-state index contributed by atoms with van der Waals surface area (Å²) >= 11 is 6.43. The Morgan fingerprint density at radius 2 is 1.84 bits per heavy atom. The van der Waals surface area contributed by atoms with E-state index in [4.69, 9.17) is 16.6 Å². The number of hydrogen-bond donors (Lipinski definition) is 1. The van der Waals surface area contributed by atoms with Gasteiger partial charge in [0.05, 0.1) is 0 Å².